The fourth-order valence-electron chi connectivity index (χ4n) is 2.17. The Bertz CT molecular complexity index is 556. The fraction of sp³-hybridized carbons (Fsp3) is 0.412. The molecule has 0 saturated carbocycles. The summed E-state index contributed by atoms with van der Waals surface area (Å²) in [6.45, 7) is 6.23. The zero-order valence-electron chi connectivity index (χ0n) is 12.2. The maximum Gasteiger partial charge on any atom is 0.134 e. The van der Waals surface area contributed by atoms with Crippen LogP contribution in [0.1, 0.15) is 26.7 Å². The third-order valence-electron chi connectivity index (χ3n) is 3.29. The summed E-state index contributed by atoms with van der Waals surface area (Å²) >= 11 is 3.66. The molecule has 0 spiro atoms. The van der Waals surface area contributed by atoms with Crippen molar-refractivity contribution in [2.75, 3.05) is 13.1 Å². The van der Waals surface area contributed by atoms with Crippen molar-refractivity contribution in [2.24, 2.45) is 0 Å². The first kappa shape index (κ1) is 15.3. The van der Waals surface area contributed by atoms with Gasteiger partial charge in [-0.2, -0.15) is 0 Å². The number of hydrogen-bond donors (Lipinski definition) is 1. The average molecular weight is 336 g/mol. The van der Waals surface area contributed by atoms with E-state index in [-0.39, 0.29) is 6.10 Å². The first-order valence-electron chi connectivity index (χ1n) is 7.27. The second kappa shape index (κ2) is 7.65. The van der Waals surface area contributed by atoms with E-state index >= 15 is 0 Å². The zero-order valence-corrected chi connectivity index (χ0v) is 13.7. The van der Waals surface area contributed by atoms with Crippen molar-refractivity contribution >= 4 is 26.7 Å². The van der Waals surface area contributed by atoms with Crippen LogP contribution in [-0.4, -0.2) is 19.2 Å². The summed E-state index contributed by atoms with van der Waals surface area (Å²) in [5.74, 6) is 0.911. The summed E-state index contributed by atoms with van der Waals surface area (Å²) in [7, 11) is 0. The number of hydrogen-bond acceptors (Lipinski definition) is 2. The molecule has 108 valence electrons. The largest absolute Gasteiger partial charge is 0.488 e. The van der Waals surface area contributed by atoms with Gasteiger partial charge in [0.05, 0.1) is 4.47 Å². The number of nitrogens with one attached hydrogen (secondary N) is 1. The minimum Gasteiger partial charge on any atom is -0.488 e. The van der Waals surface area contributed by atoms with Crippen molar-refractivity contribution in [1.82, 2.24) is 5.32 Å². The van der Waals surface area contributed by atoms with E-state index in [9.17, 15) is 0 Å². The Labute approximate surface area is 129 Å². The summed E-state index contributed by atoms with van der Waals surface area (Å²) in [6, 6.07) is 12.5. The van der Waals surface area contributed by atoms with E-state index in [0.717, 1.165) is 23.3 Å². The molecule has 0 saturated heterocycles. The van der Waals surface area contributed by atoms with Crippen molar-refractivity contribution < 1.29 is 4.74 Å². The van der Waals surface area contributed by atoms with Crippen molar-refractivity contribution in [3.8, 4) is 5.75 Å². The SMILES string of the molecule is CCCCNCC(C)Oc1ccc2ccccc2c1Br. The van der Waals surface area contributed by atoms with Crippen LogP contribution in [0.2, 0.25) is 0 Å². The molecule has 0 aromatic heterocycles. The van der Waals surface area contributed by atoms with E-state index in [1.807, 2.05) is 12.1 Å². The molecular weight excluding hydrogens is 314 g/mol. The molecule has 2 aromatic carbocycles. The lowest BCUT2D eigenvalue weighted by atomic mass is 10.1. The monoisotopic (exact) mass is 335 g/mol. The highest BCUT2D eigenvalue weighted by Crippen LogP contribution is 2.33. The van der Waals surface area contributed by atoms with Gasteiger partial charge in [-0.15, -0.1) is 0 Å². The molecule has 2 nitrogen and oxygen atoms in total. The van der Waals surface area contributed by atoms with Gasteiger partial charge in [0.1, 0.15) is 11.9 Å². The number of halogens is 1. The number of unbranched alkanes of at least 4 members (excludes halogenated alkanes) is 1. The van der Waals surface area contributed by atoms with Gasteiger partial charge in [0, 0.05) is 6.54 Å². The third kappa shape index (κ3) is 3.97. The first-order chi connectivity index (χ1) is 9.72. The quantitative estimate of drug-likeness (QED) is 0.736. The molecule has 0 aliphatic carbocycles. The van der Waals surface area contributed by atoms with E-state index in [2.05, 4.69) is 59.4 Å². The van der Waals surface area contributed by atoms with Gasteiger partial charge in [0.25, 0.3) is 0 Å². The highest BCUT2D eigenvalue weighted by atomic mass is 79.9. The maximum atomic E-state index is 6.02. The van der Waals surface area contributed by atoms with Gasteiger partial charge in [-0.3, -0.25) is 0 Å². The van der Waals surface area contributed by atoms with Crippen molar-refractivity contribution in [2.45, 2.75) is 32.8 Å². The molecule has 1 N–H and O–H groups in total. The minimum absolute atomic E-state index is 0.157. The number of ether oxygens (including phenoxy) is 1. The van der Waals surface area contributed by atoms with Crippen LogP contribution in [0.5, 0.6) is 5.75 Å². The van der Waals surface area contributed by atoms with Crippen LogP contribution in [0.4, 0.5) is 0 Å². The summed E-state index contributed by atoms with van der Waals surface area (Å²) in [5.41, 5.74) is 0. The Morgan fingerprint density at radius 2 is 2.00 bits per heavy atom. The van der Waals surface area contributed by atoms with Gasteiger partial charge >= 0.3 is 0 Å². The van der Waals surface area contributed by atoms with Crippen LogP contribution in [0.15, 0.2) is 40.9 Å². The standard InChI is InChI=1S/C17H22BrNO/c1-3-4-11-19-12-13(2)20-16-10-9-14-7-5-6-8-15(14)17(16)18/h5-10,13,19H,3-4,11-12H2,1-2H3. The second-order valence-corrected chi connectivity index (χ2v) is 5.88. The number of fused-ring (bicyclic) bond motifs is 1. The molecule has 0 fully saturated rings. The topological polar surface area (TPSA) is 21.3 Å². The Morgan fingerprint density at radius 1 is 1.20 bits per heavy atom. The number of benzene rings is 2. The van der Waals surface area contributed by atoms with Crippen LogP contribution in [-0.2, 0) is 0 Å². The fourth-order valence-corrected chi connectivity index (χ4v) is 2.76. The van der Waals surface area contributed by atoms with Crippen molar-refractivity contribution in [3.05, 3.63) is 40.9 Å². The molecule has 0 heterocycles. The number of rotatable bonds is 7. The highest BCUT2D eigenvalue weighted by molar-refractivity contribution is 9.10. The summed E-state index contributed by atoms with van der Waals surface area (Å²) < 4.78 is 7.06. The first-order valence-corrected chi connectivity index (χ1v) is 8.06. The lowest BCUT2D eigenvalue weighted by molar-refractivity contribution is 0.216. The lowest BCUT2D eigenvalue weighted by Crippen LogP contribution is -2.29. The van der Waals surface area contributed by atoms with Crippen molar-refractivity contribution in [3.63, 3.8) is 0 Å². The molecule has 1 unspecified atom stereocenters. The third-order valence-corrected chi connectivity index (χ3v) is 4.11. The van der Waals surface area contributed by atoms with Crippen LogP contribution >= 0.6 is 15.9 Å². The Balaban J connectivity index is 2.00. The van der Waals surface area contributed by atoms with Gasteiger partial charge in [-0.25, -0.2) is 0 Å². The maximum absolute atomic E-state index is 6.02. The van der Waals surface area contributed by atoms with E-state index in [4.69, 9.17) is 4.74 Å². The summed E-state index contributed by atoms with van der Waals surface area (Å²) in [6.07, 6.45) is 2.59. The molecule has 3 heteroatoms. The molecule has 2 rings (SSSR count). The van der Waals surface area contributed by atoms with Crippen molar-refractivity contribution in [1.29, 1.82) is 0 Å². The second-order valence-electron chi connectivity index (χ2n) is 5.08. The van der Waals surface area contributed by atoms with E-state index in [1.165, 1.54) is 23.6 Å². The smallest absolute Gasteiger partial charge is 0.134 e. The molecule has 0 radical (unpaired) electrons. The van der Waals surface area contributed by atoms with E-state index < -0.39 is 0 Å². The predicted molar refractivity (Wildman–Crippen MR) is 89.5 cm³/mol. The highest BCUT2D eigenvalue weighted by Gasteiger charge is 2.09. The van der Waals surface area contributed by atoms with Crippen LogP contribution in [0.25, 0.3) is 10.8 Å². The molecule has 1 atom stereocenters. The lowest BCUT2D eigenvalue weighted by Gasteiger charge is -2.17. The zero-order chi connectivity index (χ0) is 14.4. The molecule has 0 amide bonds. The molecule has 0 aliphatic rings. The minimum atomic E-state index is 0.157. The molecule has 2 aromatic rings. The van der Waals surface area contributed by atoms with Gasteiger partial charge in [-0.1, -0.05) is 43.7 Å². The molecule has 20 heavy (non-hydrogen) atoms. The van der Waals surface area contributed by atoms with Gasteiger partial charge in [0.15, 0.2) is 0 Å². The van der Waals surface area contributed by atoms with Gasteiger partial charge < -0.3 is 10.1 Å². The average Bonchev–Trinajstić information content (AvgIpc) is 2.47. The normalized spacial score (nSPS) is 12.6. The molecule has 0 bridgehead atoms. The summed E-state index contributed by atoms with van der Waals surface area (Å²) in [5, 5.41) is 5.84. The predicted octanol–water partition coefficient (Wildman–Crippen LogP) is 4.76. The summed E-state index contributed by atoms with van der Waals surface area (Å²) in [4.78, 5) is 0. The Hall–Kier alpha value is -1.06. The Kier molecular flexibility index (Phi) is 5.86. The molecule has 0 aliphatic heterocycles. The van der Waals surface area contributed by atoms with Crippen LogP contribution in [0, 0.1) is 0 Å². The van der Waals surface area contributed by atoms with E-state index in [1.54, 1.807) is 0 Å². The van der Waals surface area contributed by atoms with Crippen LogP contribution in [0.3, 0.4) is 0 Å². The molecular formula is C17H22BrNO. The Morgan fingerprint density at radius 3 is 2.80 bits per heavy atom. The van der Waals surface area contributed by atoms with Gasteiger partial charge in [-0.05, 0) is 52.7 Å². The van der Waals surface area contributed by atoms with Crippen LogP contribution < -0.4 is 10.1 Å². The van der Waals surface area contributed by atoms with E-state index in [0.29, 0.717) is 0 Å². The van der Waals surface area contributed by atoms with Gasteiger partial charge in [0.2, 0.25) is 0 Å².